The van der Waals surface area contributed by atoms with E-state index in [0.717, 1.165) is 29.9 Å². The number of allylic oxidation sites excluding steroid dienone is 1. The van der Waals surface area contributed by atoms with Gasteiger partial charge in [-0.2, -0.15) is 0 Å². The van der Waals surface area contributed by atoms with E-state index < -0.39 is 0 Å². The Hall–Kier alpha value is -1.46. The average molecular weight is 393 g/mol. The van der Waals surface area contributed by atoms with E-state index in [-0.39, 0.29) is 17.1 Å². The maximum atomic E-state index is 12.8. The summed E-state index contributed by atoms with van der Waals surface area (Å²) in [6.07, 6.45) is 6.73. The summed E-state index contributed by atoms with van der Waals surface area (Å²) >= 11 is 1.60. The molecule has 0 amide bonds. The molecule has 27 heavy (non-hydrogen) atoms. The highest BCUT2D eigenvalue weighted by Crippen LogP contribution is 2.40. The Bertz CT molecular complexity index is 611. The van der Waals surface area contributed by atoms with Crippen LogP contribution < -0.4 is 4.74 Å². The highest BCUT2D eigenvalue weighted by molar-refractivity contribution is 8.00. The quantitative estimate of drug-likeness (QED) is 0.332. The van der Waals surface area contributed by atoms with Crippen LogP contribution in [0.15, 0.2) is 40.8 Å². The molecule has 1 fully saturated rings. The molecule has 0 bridgehead atoms. The molecule has 1 aliphatic carbocycles. The topological polar surface area (TPSA) is 44.8 Å². The zero-order valence-electron chi connectivity index (χ0n) is 16.9. The van der Waals surface area contributed by atoms with Crippen LogP contribution >= 0.6 is 11.8 Å². The largest absolute Gasteiger partial charge is 0.497 e. The summed E-state index contributed by atoms with van der Waals surface area (Å²) in [7, 11) is 3.39. The fourth-order valence-electron chi connectivity index (χ4n) is 3.61. The number of benzene rings is 1. The van der Waals surface area contributed by atoms with E-state index in [1.807, 2.05) is 31.2 Å². The minimum Gasteiger partial charge on any atom is -0.497 e. The van der Waals surface area contributed by atoms with Gasteiger partial charge in [0, 0.05) is 17.9 Å². The van der Waals surface area contributed by atoms with Crippen molar-refractivity contribution in [2.24, 2.45) is 11.8 Å². The highest BCUT2D eigenvalue weighted by Gasteiger charge is 2.34. The summed E-state index contributed by atoms with van der Waals surface area (Å²) in [5.74, 6) is 1.26. The Labute approximate surface area is 167 Å². The van der Waals surface area contributed by atoms with Gasteiger partial charge in [0.05, 0.1) is 20.3 Å². The van der Waals surface area contributed by atoms with Crippen LogP contribution in [0, 0.1) is 11.8 Å². The molecular weight excluding hydrogens is 360 g/mol. The molecular formula is C22H32O4S. The third kappa shape index (κ3) is 6.58. The fraction of sp³-hybridized carbons (Fsp3) is 0.591. The van der Waals surface area contributed by atoms with Gasteiger partial charge in [0.25, 0.3) is 0 Å². The molecule has 0 aromatic heterocycles. The van der Waals surface area contributed by atoms with Crippen molar-refractivity contribution in [3.8, 4) is 5.75 Å². The molecule has 0 radical (unpaired) electrons. The third-order valence-electron chi connectivity index (χ3n) is 4.84. The molecule has 0 unspecified atom stereocenters. The van der Waals surface area contributed by atoms with Crippen LogP contribution in [0.2, 0.25) is 0 Å². The van der Waals surface area contributed by atoms with E-state index in [4.69, 9.17) is 14.2 Å². The van der Waals surface area contributed by atoms with Gasteiger partial charge in [-0.05, 0) is 56.4 Å². The first kappa shape index (κ1) is 21.8. The summed E-state index contributed by atoms with van der Waals surface area (Å²) in [4.78, 5) is 13.9. The van der Waals surface area contributed by atoms with Crippen LogP contribution in [0.3, 0.4) is 0 Å². The molecule has 1 saturated carbocycles. The lowest BCUT2D eigenvalue weighted by atomic mass is 9.80. The first-order chi connectivity index (χ1) is 13.1. The Morgan fingerprint density at radius 3 is 2.63 bits per heavy atom. The highest BCUT2D eigenvalue weighted by atomic mass is 32.2. The Balaban J connectivity index is 2.25. The maximum Gasteiger partial charge on any atom is 0.320 e. The van der Waals surface area contributed by atoms with Crippen molar-refractivity contribution in [2.45, 2.75) is 49.7 Å². The van der Waals surface area contributed by atoms with Crippen molar-refractivity contribution in [2.75, 3.05) is 27.4 Å². The van der Waals surface area contributed by atoms with Crippen LogP contribution in [0.25, 0.3) is 0 Å². The standard InChI is InChI=1S/C22H32O4S/c1-5-26-22(23)21(27-19-12-10-18(25-4)11-13-19)20-9-7-6-8-17(20)14-16(2)15-24-3/h10-14,16,20-21H,5-9,15H2,1-4H3/b17-14+/t16-,20-,21+/m0/s1. The van der Waals surface area contributed by atoms with Gasteiger partial charge in [-0.3, -0.25) is 4.79 Å². The normalized spacial score (nSPS) is 20.9. The number of methoxy groups -OCH3 is 2. The first-order valence-corrected chi connectivity index (χ1v) is 10.6. The van der Waals surface area contributed by atoms with Gasteiger partial charge >= 0.3 is 5.97 Å². The summed E-state index contributed by atoms with van der Waals surface area (Å²) in [5.41, 5.74) is 1.38. The predicted molar refractivity (Wildman–Crippen MR) is 110 cm³/mol. The molecule has 0 N–H and O–H groups in total. The maximum absolute atomic E-state index is 12.8. The summed E-state index contributed by atoms with van der Waals surface area (Å²) in [6.45, 7) is 5.14. The molecule has 1 aliphatic rings. The average Bonchev–Trinajstić information content (AvgIpc) is 2.67. The monoisotopic (exact) mass is 392 g/mol. The number of hydrogen-bond donors (Lipinski definition) is 0. The number of esters is 1. The number of carbonyl (C=O) groups excluding carboxylic acids is 1. The smallest absolute Gasteiger partial charge is 0.320 e. The number of ether oxygens (including phenoxy) is 3. The molecule has 5 heteroatoms. The van der Waals surface area contributed by atoms with Crippen LogP contribution in [0.1, 0.15) is 39.5 Å². The molecule has 0 heterocycles. The van der Waals surface area contributed by atoms with Gasteiger partial charge in [-0.15, -0.1) is 11.8 Å². The van der Waals surface area contributed by atoms with E-state index in [1.165, 1.54) is 12.0 Å². The Morgan fingerprint density at radius 1 is 1.26 bits per heavy atom. The van der Waals surface area contributed by atoms with Crippen molar-refractivity contribution in [1.29, 1.82) is 0 Å². The first-order valence-electron chi connectivity index (χ1n) is 9.75. The molecule has 0 spiro atoms. The van der Waals surface area contributed by atoms with Crippen molar-refractivity contribution in [3.63, 3.8) is 0 Å². The lowest BCUT2D eigenvalue weighted by Crippen LogP contribution is -2.32. The second-order valence-electron chi connectivity index (χ2n) is 6.99. The van der Waals surface area contributed by atoms with Crippen LogP contribution in [-0.2, 0) is 14.3 Å². The van der Waals surface area contributed by atoms with Crippen molar-refractivity contribution in [3.05, 3.63) is 35.9 Å². The van der Waals surface area contributed by atoms with Crippen LogP contribution in [-0.4, -0.2) is 38.7 Å². The fourth-order valence-corrected chi connectivity index (χ4v) is 4.84. The molecule has 0 saturated heterocycles. The number of thioether (sulfide) groups is 1. The van der Waals surface area contributed by atoms with E-state index >= 15 is 0 Å². The van der Waals surface area contributed by atoms with E-state index in [0.29, 0.717) is 19.1 Å². The summed E-state index contributed by atoms with van der Waals surface area (Å²) in [5, 5.41) is -0.223. The minimum absolute atomic E-state index is 0.115. The van der Waals surface area contributed by atoms with Crippen LogP contribution in [0.4, 0.5) is 0 Å². The molecule has 1 aromatic rings. The zero-order valence-corrected chi connectivity index (χ0v) is 17.7. The zero-order chi connectivity index (χ0) is 19.6. The van der Waals surface area contributed by atoms with E-state index in [9.17, 15) is 4.79 Å². The van der Waals surface area contributed by atoms with E-state index in [2.05, 4.69) is 13.0 Å². The van der Waals surface area contributed by atoms with Gasteiger partial charge in [0.1, 0.15) is 11.0 Å². The number of hydrogen-bond acceptors (Lipinski definition) is 5. The molecule has 2 rings (SSSR count). The molecule has 1 aromatic carbocycles. The second kappa shape index (κ2) is 11.4. The van der Waals surface area contributed by atoms with Gasteiger partial charge in [0.15, 0.2) is 0 Å². The van der Waals surface area contributed by atoms with Gasteiger partial charge in [0.2, 0.25) is 0 Å². The second-order valence-corrected chi connectivity index (χ2v) is 8.21. The van der Waals surface area contributed by atoms with Crippen LogP contribution in [0.5, 0.6) is 5.75 Å². The lowest BCUT2D eigenvalue weighted by Gasteiger charge is -2.32. The number of carbonyl (C=O) groups is 1. The molecule has 3 atom stereocenters. The SMILES string of the molecule is CCOC(=O)[C@H](Sc1ccc(OC)cc1)[C@H]1CCCC/C1=C\[C@H](C)COC. The third-order valence-corrected chi connectivity index (χ3v) is 6.16. The predicted octanol–water partition coefficient (Wildman–Crippen LogP) is 5.12. The Kier molecular flexibility index (Phi) is 9.22. The van der Waals surface area contributed by atoms with Crippen molar-refractivity contribution < 1.29 is 19.0 Å². The molecule has 0 aliphatic heterocycles. The van der Waals surface area contributed by atoms with E-state index in [1.54, 1.807) is 26.0 Å². The summed E-state index contributed by atoms with van der Waals surface area (Å²) < 4.78 is 16.0. The summed E-state index contributed by atoms with van der Waals surface area (Å²) in [6, 6.07) is 7.89. The molecule has 150 valence electrons. The van der Waals surface area contributed by atoms with Crippen molar-refractivity contribution in [1.82, 2.24) is 0 Å². The lowest BCUT2D eigenvalue weighted by molar-refractivity contribution is -0.143. The minimum atomic E-state index is -0.223. The van der Waals surface area contributed by atoms with Gasteiger partial charge in [-0.25, -0.2) is 0 Å². The van der Waals surface area contributed by atoms with Gasteiger partial charge in [-0.1, -0.05) is 25.0 Å². The van der Waals surface area contributed by atoms with Gasteiger partial charge < -0.3 is 14.2 Å². The Morgan fingerprint density at radius 2 is 2.00 bits per heavy atom. The van der Waals surface area contributed by atoms with Crippen molar-refractivity contribution >= 4 is 17.7 Å². The number of rotatable bonds is 9. The molecule has 4 nitrogen and oxygen atoms in total.